The van der Waals surface area contributed by atoms with Gasteiger partial charge in [0.15, 0.2) is 0 Å². The van der Waals surface area contributed by atoms with Crippen molar-refractivity contribution in [2.45, 2.75) is 0 Å². The average molecular weight is 171 g/mol. The van der Waals surface area contributed by atoms with Gasteiger partial charge in [0, 0.05) is 0 Å². The molecular weight excluding hydrogens is 167 g/mol. The summed E-state index contributed by atoms with van der Waals surface area (Å²) in [5, 5.41) is 0. The van der Waals surface area contributed by atoms with Gasteiger partial charge in [-0.1, -0.05) is 0 Å². The van der Waals surface area contributed by atoms with Gasteiger partial charge in [-0.3, -0.25) is 0 Å². The minimum absolute atomic E-state index is 0.0322. The fourth-order valence-electron chi connectivity index (χ4n) is 0.278. The first kappa shape index (κ1) is 3.47. The Morgan fingerprint density at radius 3 is 1.80 bits per heavy atom. The third kappa shape index (κ3) is 0.797. The fraction of sp³-hybridized carbons (Fsp3) is 0. The Labute approximate surface area is 41.8 Å². The van der Waals surface area contributed by atoms with Gasteiger partial charge in [0.1, 0.15) is 0 Å². The number of hydrogen-bond acceptors (Lipinski definition) is 0. The van der Waals surface area contributed by atoms with E-state index in [1.54, 1.807) is 0 Å². The topological polar surface area (TPSA) is 0 Å². The van der Waals surface area contributed by atoms with E-state index in [0.29, 0.717) is 0 Å². The van der Waals surface area contributed by atoms with Crippen LogP contribution in [0.2, 0.25) is 0 Å². The first-order chi connectivity index (χ1) is 2.50. The molecule has 0 aromatic carbocycles. The maximum absolute atomic E-state index is 2.30. The molecular formula is C4H4Sn. The van der Waals surface area contributed by atoms with E-state index >= 15 is 0 Å². The summed E-state index contributed by atoms with van der Waals surface area (Å²) in [6.45, 7) is 0. The molecule has 0 bridgehead atoms. The molecule has 0 N–H and O–H groups in total. The van der Waals surface area contributed by atoms with Gasteiger partial charge in [0.05, 0.1) is 0 Å². The zero-order valence-corrected chi connectivity index (χ0v) is 5.66. The van der Waals surface area contributed by atoms with Crippen molar-refractivity contribution in [3.05, 3.63) is 20.3 Å². The molecule has 0 aromatic rings. The van der Waals surface area contributed by atoms with E-state index in [2.05, 4.69) is 20.3 Å². The molecule has 0 amide bonds. The molecule has 1 heterocycles. The normalized spacial score (nSPS) is 17.6. The van der Waals surface area contributed by atoms with Gasteiger partial charge >= 0.3 is 41.5 Å². The molecule has 0 fully saturated rings. The molecule has 0 saturated heterocycles. The van der Waals surface area contributed by atoms with Gasteiger partial charge in [0.25, 0.3) is 0 Å². The van der Waals surface area contributed by atoms with Crippen LogP contribution in [0.3, 0.4) is 0 Å². The summed E-state index contributed by atoms with van der Waals surface area (Å²) in [6, 6.07) is 0. The van der Waals surface area contributed by atoms with Crippen LogP contribution in [0.15, 0.2) is 20.3 Å². The van der Waals surface area contributed by atoms with Crippen molar-refractivity contribution in [2.24, 2.45) is 0 Å². The van der Waals surface area contributed by atoms with Crippen LogP contribution in [-0.4, -0.2) is 21.1 Å². The zero-order chi connectivity index (χ0) is 3.54. The Kier molecular flexibility index (Phi) is 1.14. The standard InChI is InChI=1S/C4H4.Sn/c1-3-4-2;/h1-4H;. The molecule has 0 spiro atoms. The molecule has 2 radical (unpaired) electrons. The molecule has 1 heteroatoms. The van der Waals surface area contributed by atoms with Crippen LogP contribution in [0.1, 0.15) is 0 Å². The van der Waals surface area contributed by atoms with Crippen LogP contribution in [0.4, 0.5) is 0 Å². The van der Waals surface area contributed by atoms with Gasteiger partial charge in [-0.25, -0.2) is 0 Å². The summed E-state index contributed by atoms with van der Waals surface area (Å²) in [4.78, 5) is 0. The van der Waals surface area contributed by atoms with E-state index in [1.807, 2.05) is 0 Å². The van der Waals surface area contributed by atoms with Crippen molar-refractivity contribution in [3.8, 4) is 0 Å². The Bertz CT molecular complexity index is 61.7. The Morgan fingerprint density at radius 1 is 1.00 bits per heavy atom. The molecule has 24 valence electrons. The number of allylic oxidation sites excluding steroid dienone is 2. The van der Waals surface area contributed by atoms with E-state index in [1.165, 1.54) is 0 Å². The summed E-state index contributed by atoms with van der Waals surface area (Å²) in [7, 11) is 0. The first-order valence-electron chi connectivity index (χ1n) is 1.58. The van der Waals surface area contributed by atoms with Gasteiger partial charge in [-0.05, 0) is 0 Å². The fourth-order valence-corrected chi connectivity index (χ4v) is 1.86. The minimum atomic E-state index is -0.0322. The molecule has 0 aliphatic carbocycles. The Morgan fingerprint density at radius 2 is 1.60 bits per heavy atom. The number of rotatable bonds is 0. The second-order valence-corrected chi connectivity index (χ2v) is 3.74. The van der Waals surface area contributed by atoms with Crippen molar-refractivity contribution >= 4 is 21.1 Å². The molecule has 1 rings (SSSR count). The second kappa shape index (κ2) is 1.65. The van der Waals surface area contributed by atoms with Crippen LogP contribution >= 0.6 is 0 Å². The molecule has 0 unspecified atom stereocenters. The van der Waals surface area contributed by atoms with E-state index in [9.17, 15) is 0 Å². The van der Waals surface area contributed by atoms with Gasteiger partial charge in [-0.2, -0.15) is 0 Å². The second-order valence-electron chi connectivity index (χ2n) is 0.885. The monoisotopic (exact) mass is 172 g/mol. The van der Waals surface area contributed by atoms with Crippen LogP contribution in [0, 0.1) is 0 Å². The molecule has 5 heavy (non-hydrogen) atoms. The van der Waals surface area contributed by atoms with Crippen molar-refractivity contribution in [3.63, 3.8) is 0 Å². The predicted octanol–water partition coefficient (Wildman–Crippen LogP) is 0.732. The van der Waals surface area contributed by atoms with Crippen molar-refractivity contribution in [2.75, 3.05) is 0 Å². The molecule has 0 aromatic heterocycles. The SMILES string of the molecule is C1=[CH][Sn][CH]=C1. The molecule has 1 aliphatic rings. The number of hydrogen-bond donors (Lipinski definition) is 0. The van der Waals surface area contributed by atoms with Crippen LogP contribution in [0.25, 0.3) is 0 Å². The van der Waals surface area contributed by atoms with Gasteiger partial charge in [0.2, 0.25) is 0 Å². The summed E-state index contributed by atoms with van der Waals surface area (Å²) in [6.07, 6.45) is 4.26. The van der Waals surface area contributed by atoms with E-state index in [4.69, 9.17) is 0 Å². The van der Waals surface area contributed by atoms with E-state index < -0.39 is 0 Å². The summed E-state index contributed by atoms with van der Waals surface area (Å²) >= 11 is -0.0322. The third-order valence-electron chi connectivity index (χ3n) is 0.496. The predicted molar refractivity (Wildman–Crippen MR) is 24.0 cm³/mol. The summed E-state index contributed by atoms with van der Waals surface area (Å²) in [5.74, 6) is 0. The molecule has 0 saturated carbocycles. The van der Waals surface area contributed by atoms with Crippen LogP contribution in [-0.2, 0) is 0 Å². The summed E-state index contributed by atoms with van der Waals surface area (Å²) < 4.78 is 4.59. The quantitative estimate of drug-likeness (QED) is 0.471. The molecule has 0 atom stereocenters. The zero-order valence-electron chi connectivity index (χ0n) is 2.81. The first-order valence-corrected chi connectivity index (χ1v) is 4.87. The van der Waals surface area contributed by atoms with Crippen LogP contribution < -0.4 is 0 Å². The van der Waals surface area contributed by atoms with Crippen molar-refractivity contribution in [1.82, 2.24) is 0 Å². The third-order valence-corrected chi connectivity index (χ3v) is 2.69. The van der Waals surface area contributed by atoms with Gasteiger partial charge < -0.3 is 0 Å². The Hall–Kier alpha value is 0.279. The van der Waals surface area contributed by atoms with E-state index in [0.717, 1.165) is 0 Å². The van der Waals surface area contributed by atoms with Crippen molar-refractivity contribution in [1.29, 1.82) is 0 Å². The van der Waals surface area contributed by atoms with E-state index in [-0.39, 0.29) is 21.1 Å². The average Bonchev–Trinajstić information content (AvgIpc) is 1.76. The molecule has 0 nitrogen and oxygen atoms in total. The Balaban J connectivity index is 2.61. The summed E-state index contributed by atoms with van der Waals surface area (Å²) in [5.41, 5.74) is 0. The van der Waals surface area contributed by atoms with Gasteiger partial charge in [-0.15, -0.1) is 0 Å². The van der Waals surface area contributed by atoms with Crippen LogP contribution in [0.5, 0.6) is 0 Å². The maximum atomic E-state index is 2.30. The molecule has 1 aliphatic heterocycles. The van der Waals surface area contributed by atoms with Crippen molar-refractivity contribution < 1.29 is 0 Å².